The SMILES string of the molecule is Cc1ccc(C(N)C(C)C(C)(C)C)o1. The van der Waals surface area contributed by atoms with E-state index in [2.05, 4.69) is 27.7 Å². The predicted molar refractivity (Wildman–Crippen MR) is 59.0 cm³/mol. The van der Waals surface area contributed by atoms with Crippen molar-refractivity contribution in [2.75, 3.05) is 0 Å². The van der Waals surface area contributed by atoms with E-state index in [-0.39, 0.29) is 11.5 Å². The number of nitrogens with two attached hydrogens (primary N) is 1. The van der Waals surface area contributed by atoms with Crippen LogP contribution in [0, 0.1) is 18.3 Å². The van der Waals surface area contributed by atoms with Gasteiger partial charge < -0.3 is 10.2 Å². The zero-order valence-electron chi connectivity index (χ0n) is 9.79. The van der Waals surface area contributed by atoms with Crippen LogP contribution in [0.15, 0.2) is 16.5 Å². The van der Waals surface area contributed by atoms with E-state index in [1.807, 2.05) is 19.1 Å². The maximum atomic E-state index is 6.14. The molecular formula is C12H21NO. The van der Waals surface area contributed by atoms with Crippen molar-refractivity contribution in [3.63, 3.8) is 0 Å². The van der Waals surface area contributed by atoms with Gasteiger partial charge in [-0.2, -0.15) is 0 Å². The predicted octanol–water partition coefficient (Wildman–Crippen LogP) is 3.27. The van der Waals surface area contributed by atoms with Gasteiger partial charge in [-0.3, -0.25) is 0 Å². The Morgan fingerprint density at radius 3 is 2.21 bits per heavy atom. The lowest BCUT2D eigenvalue weighted by molar-refractivity contribution is 0.205. The second-order valence-corrected chi connectivity index (χ2v) is 5.13. The molecule has 2 unspecified atom stereocenters. The van der Waals surface area contributed by atoms with Gasteiger partial charge in [-0.1, -0.05) is 27.7 Å². The summed E-state index contributed by atoms with van der Waals surface area (Å²) in [5, 5.41) is 0. The highest BCUT2D eigenvalue weighted by Gasteiger charge is 2.28. The molecule has 0 aliphatic heterocycles. The highest BCUT2D eigenvalue weighted by atomic mass is 16.3. The minimum atomic E-state index is -0.0105. The molecule has 0 fully saturated rings. The van der Waals surface area contributed by atoms with Crippen molar-refractivity contribution < 1.29 is 4.42 Å². The molecule has 0 aliphatic carbocycles. The van der Waals surface area contributed by atoms with E-state index in [1.54, 1.807) is 0 Å². The van der Waals surface area contributed by atoms with Crippen LogP contribution >= 0.6 is 0 Å². The average molecular weight is 195 g/mol. The van der Waals surface area contributed by atoms with Crippen LogP contribution in [0.25, 0.3) is 0 Å². The maximum absolute atomic E-state index is 6.14. The quantitative estimate of drug-likeness (QED) is 0.786. The van der Waals surface area contributed by atoms with Crippen molar-refractivity contribution in [3.8, 4) is 0 Å². The molecular weight excluding hydrogens is 174 g/mol. The lowest BCUT2D eigenvalue weighted by Gasteiger charge is -2.31. The summed E-state index contributed by atoms with van der Waals surface area (Å²) in [6.45, 7) is 10.7. The summed E-state index contributed by atoms with van der Waals surface area (Å²) in [4.78, 5) is 0. The first-order chi connectivity index (χ1) is 6.32. The molecule has 2 heteroatoms. The van der Waals surface area contributed by atoms with Crippen LogP contribution < -0.4 is 5.73 Å². The van der Waals surface area contributed by atoms with Gasteiger partial charge in [0, 0.05) is 0 Å². The van der Waals surface area contributed by atoms with Gasteiger partial charge in [-0.05, 0) is 30.4 Å². The van der Waals surface area contributed by atoms with E-state index in [4.69, 9.17) is 10.2 Å². The third kappa shape index (κ3) is 2.38. The molecule has 0 spiro atoms. The minimum absolute atomic E-state index is 0.0105. The zero-order chi connectivity index (χ0) is 10.9. The lowest BCUT2D eigenvalue weighted by Crippen LogP contribution is -2.29. The fraction of sp³-hybridized carbons (Fsp3) is 0.667. The fourth-order valence-corrected chi connectivity index (χ4v) is 1.42. The van der Waals surface area contributed by atoms with Gasteiger partial charge in [0.25, 0.3) is 0 Å². The third-order valence-electron chi connectivity index (χ3n) is 2.99. The number of rotatable bonds is 2. The molecule has 0 saturated carbocycles. The van der Waals surface area contributed by atoms with Crippen LogP contribution in [0.5, 0.6) is 0 Å². The van der Waals surface area contributed by atoms with Gasteiger partial charge in [0.1, 0.15) is 11.5 Å². The maximum Gasteiger partial charge on any atom is 0.121 e. The molecule has 1 heterocycles. The Balaban J connectivity index is 2.80. The van der Waals surface area contributed by atoms with Crippen molar-refractivity contribution in [1.82, 2.24) is 0 Å². The molecule has 2 atom stereocenters. The molecule has 80 valence electrons. The van der Waals surface area contributed by atoms with Crippen LogP contribution in [0.2, 0.25) is 0 Å². The van der Waals surface area contributed by atoms with E-state index in [0.29, 0.717) is 5.92 Å². The van der Waals surface area contributed by atoms with E-state index < -0.39 is 0 Å². The van der Waals surface area contributed by atoms with Crippen LogP contribution in [-0.4, -0.2) is 0 Å². The van der Waals surface area contributed by atoms with Crippen LogP contribution in [-0.2, 0) is 0 Å². The van der Waals surface area contributed by atoms with Crippen molar-refractivity contribution in [2.45, 2.75) is 40.7 Å². The first-order valence-corrected chi connectivity index (χ1v) is 5.14. The van der Waals surface area contributed by atoms with Gasteiger partial charge in [-0.15, -0.1) is 0 Å². The highest BCUT2D eigenvalue weighted by Crippen LogP contribution is 2.34. The molecule has 0 aliphatic rings. The molecule has 0 aromatic carbocycles. The van der Waals surface area contributed by atoms with Crippen LogP contribution in [0.4, 0.5) is 0 Å². The molecule has 0 bridgehead atoms. The number of furan rings is 1. The van der Waals surface area contributed by atoms with E-state index >= 15 is 0 Å². The molecule has 0 saturated heterocycles. The number of hydrogen-bond acceptors (Lipinski definition) is 2. The second-order valence-electron chi connectivity index (χ2n) is 5.13. The molecule has 1 aromatic rings. The van der Waals surface area contributed by atoms with E-state index in [0.717, 1.165) is 11.5 Å². The van der Waals surface area contributed by atoms with Gasteiger partial charge in [0.05, 0.1) is 6.04 Å². The molecule has 1 rings (SSSR count). The summed E-state index contributed by atoms with van der Waals surface area (Å²) in [7, 11) is 0. The first kappa shape index (κ1) is 11.3. The summed E-state index contributed by atoms with van der Waals surface area (Å²) in [5.41, 5.74) is 6.35. The van der Waals surface area contributed by atoms with Gasteiger partial charge in [0.2, 0.25) is 0 Å². The Morgan fingerprint density at radius 1 is 1.29 bits per heavy atom. The summed E-state index contributed by atoms with van der Waals surface area (Å²) < 4.78 is 5.54. The lowest BCUT2D eigenvalue weighted by atomic mass is 9.77. The number of aryl methyl sites for hydroxylation is 1. The van der Waals surface area contributed by atoms with Crippen molar-refractivity contribution in [3.05, 3.63) is 23.7 Å². The largest absolute Gasteiger partial charge is 0.465 e. The average Bonchev–Trinajstić information content (AvgIpc) is 2.47. The first-order valence-electron chi connectivity index (χ1n) is 5.14. The van der Waals surface area contributed by atoms with E-state index in [1.165, 1.54) is 0 Å². The van der Waals surface area contributed by atoms with Crippen LogP contribution in [0.1, 0.15) is 45.3 Å². The zero-order valence-corrected chi connectivity index (χ0v) is 9.79. The van der Waals surface area contributed by atoms with Gasteiger partial charge >= 0.3 is 0 Å². The van der Waals surface area contributed by atoms with Crippen molar-refractivity contribution in [1.29, 1.82) is 0 Å². The normalized spacial score (nSPS) is 16.7. The minimum Gasteiger partial charge on any atom is -0.465 e. The Labute approximate surface area is 86.5 Å². The molecule has 14 heavy (non-hydrogen) atoms. The van der Waals surface area contributed by atoms with Gasteiger partial charge in [0.15, 0.2) is 0 Å². The number of hydrogen-bond donors (Lipinski definition) is 1. The molecule has 2 nitrogen and oxygen atoms in total. The Morgan fingerprint density at radius 2 is 1.86 bits per heavy atom. The Kier molecular flexibility index (Phi) is 3.05. The summed E-state index contributed by atoms with van der Waals surface area (Å²) in [6, 6.07) is 3.93. The Bertz CT molecular complexity index is 296. The topological polar surface area (TPSA) is 39.2 Å². The molecule has 0 amide bonds. The molecule has 2 N–H and O–H groups in total. The Hall–Kier alpha value is -0.760. The molecule has 0 radical (unpaired) electrons. The summed E-state index contributed by atoms with van der Waals surface area (Å²) in [6.07, 6.45) is 0. The highest BCUT2D eigenvalue weighted by molar-refractivity contribution is 5.10. The summed E-state index contributed by atoms with van der Waals surface area (Å²) in [5.74, 6) is 2.22. The summed E-state index contributed by atoms with van der Waals surface area (Å²) >= 11 is 0. The van der Waals surface area contributed by atoms with Crippen molar-refractivity contribution in [2.24, 2.45) is 17.1 Å². The van der Waals surface area contributed by atoms with Crippen LogP contribution in [0.3, 0.4) is 0 Å². The molecule has 1 aromatic heterocycles. The standard InChI is InChI=1S/C12H21NO/c1-8-6-7-10(14-8)11(13)9(2)12(3,4)5/h6-7,9,11H,13H2,1-5H3. The fourth-order valence-electron chi connectivity index (χ4n) is 1.42. The smallest absolute Gasteiger partial charge is 0.121 e. The van der Waals surface area contributed by atoms with Crippen molar-refractivity contribution >= 4 is 0 Å². The third-order valence-corrected chi connectivity index (χ3v) is 2.99. The van der Waals surface area contributed by atoms with E-state index in [9.17, 15) is 0 Å². The van der Waals surface area contributed by atoms with Gasteiger partial charge in [-0.25, -0.2) is 0 Å². The monoisotopic (exact) mass is 195 g/mol. The second kappa shape index (κ2) is 3.77.